The number of fused-ring (bicyclic) bond motifs is 2. The number of benzene rings is 2. The number of carbonyl (C=O) groups is 1. The molecule has 0 fully saturated rings. The third-order valence-corrected chi connectivity index (χ3v) is 9.06. The summed E-state index contributed by atoms with van der Waals surface area (Å²) in [5.74, 6) is 6.34. The molecule has 2 aromatic carbocycles. The predicted molar refractivity (Wildman–Crippen MR) is 195 cm³/mol. The maximum atomic E-state index is 14.8. The SMILES string of the molecule is Bc1c(B)c(B)c(-n2c([C@@H](C)NC(=O)c3c(N)nn4cccnc34)nc3cccc(C#Cc4cnn(C)c4C)c3c2=O)c(B)c1B. The second-order valence-electron chi connectivity index (χ2n) is 11.6. The van der Waals surface area contributed by atoms with E-state index in [1.165, 1.54) is 4.52 Å². The first-order valence-electron chi connectivity index (χ1n) is 14.9. The van der Waals surface area contributed by atoms with E-state index >= 15 is 0 Å². The molecule has 0 aliphatic rings. The molecular formula is C30H30B5N9O2. The standard InChI is InChI=1S/C30H30B5N9O2/c1-13(39-29(45)19-26(36)41-43-11-5-10-37-28(19)43)27-40-17-7-4-6-15(8-9-16-12-38-42(3)14(16)2)18(17)30(46)44(27)25-23(34)21(32)20(31)22(33)24(25)35/h4-7,10-13H,31-35H2,1-3H3,(H2,36,41)(H,39,45)/t13-/m1/s1. The number of nitrogens with zero attached hydrogens (tertiary/aromatic N) is 7. The molecule has 16 heteroatoms. The van der Waals surface area contributed by atoms with Gasteiger partial charge in [0.05, 0.1) is 34.4 Å². The third-order valence-electron chi connectivity index (χ3n) is 9.06. The first-order valence-corrected chi connectivity index (χ1v) is 14.9. The van der Waals surface area contributed by atoms with Crippen molar-refractivity contribution in [1.82, 2.24) is 39.2 Å². The Morgan fingerprint density at radius 1 is 1.00 bits per heavy atom. The van der Waals surface area contributed by atoms with Crippen LogP contribution >= 0.6 is 0 Å². The molecule has 46 heavy (non-hydrogen) atoms. The molecule has 0 unspecified atom stereocenters. The molecule has 0 bridgehead atoms. The maximum absolute atomic E-state index is 14.8. The minimum absolute atomic E-state index is 0.0517. The molecule has 0 aliphatic carbocycles. The van der Waals surface area contributed by atoms with Gasteiger partial charge in [0.25, 0.3) is 11.5 Å². The Hall–Kier alpha value is -5.44. The molecule has 0 saturated carbocycles. The van der Waals surface area contributed by atoms with E-state index in [1.54, 1.807) is 46.9 Å². The number of rotatable bonds is 4. The zero-order valence-corrected chi connectivity index (χ0v) is 27.1. The van der Waals surface area contributed by atoms with Crippen molar-refractivity contribution in [3.05, 3.63) is 81.4 Å². The Morgan fingerprint density at radius 3 is 2.35 bits per heavy atom. The summed E-state index contributed by atoms with van der Waals surface area (Å²) in [6, 6.07) is 6.43. The van der Waals surface area contributed by atoms with Gasteiger partial charge in [-0.2, -0.15) is 5.10 Å². The Labute approximate surface area is 270 Å². The summed E-state index contributed by atoms with van der Waals surface area (Å²) >= 11 is 0. The van der Waals surface area contributed by atoms with E-state index in [2.05, 4.69) is 55.9 Å². The van der Waals surface area contributed by atoms with Gasteiger partial charge in [0, 0.05) is 30.7 Å². The number of hydrogen-bond acceptors (Lipinski definition) is 7. The van der Waals surface area contributed by atoms with E-state index in [0.29, 0.717) is 27.9 Å². The molecule has 0 aliphatic heterocycles. The van der Waals surface area contributed by atoms with E-state index < -0.39 is 11.9 Å². The van der Waals surface area contributed by atoms with E-state index in [1.807, 2.05) is 41.8 Å². The van der Waals surface area contributed by atoms with Gasteiger partial charge in [0.15, 0.2) is 11.5 Å². The highest BCUT2D eigenvalue weighted by molar-refractivity contribution is 6.68. The summed E-state index contributed by atoms with van der Waals surface area (Å²) in [6.45, 7) is 3.74. The normalized spacial score (nSPS) is 11.8. The molecule has 0 saturated heterocycles. The topological polar surface area (TPSA) is 138 Å². The molecule has 6 rings (SSSR count). The van der Waals surface area contributed by atoms with Crippen molar-refractivity contribution in [2.24, 2.45) is 7.05 Å². The summed E-state index contributed by atoms with van der Waals surface area (Å²) in [4.78, 5) is 37.8. The first kappa shape index (κ1) is 30.6. The van der Waals surface area contributed by atoms with Crippen molar-refractivity contribution in [2.45, 2.75) is 19.9 Å². The summed E-state index contributed by atoms with van der Waals surface area (Å²) in [7, 11) is 12.1. The second kappa shape index (κ2) is 11.5. The van der Waals surface area contributed by atoms with Crippen LogP contribution < -0.4 is 43.9 Å². The van der Waals surface area contributed by atoms with Gasteiger partial charge in [-0.05, 0) is 32.0 Å². The number of aromatic nitrogens is 7. The first-order chi connectivity index (χ1) is 21.9. The van der Waals surface area contributed by atoms with Gasteiger partial charge in [0.2, 0.25) is 0 Å². The lowest BCUT2D eigenvalue weighted by atomic mass is 9.61. The summed E-state index contributed by atoms with van der Waals surface area (Å²) in [5, 5.41) is 11.9. The number of amides is 1. The molecule has 1 amide bonds. The number of hydrogen-bond donors (Lipinski definition) is 2. The Kier molecular flexibility index (Phi) is 7.64. The zero-order chi connectivity index (χ0) is 33.0. The number of nitrogens with one attached hydrogen (secondary N) is 1. The van der Waals surface area contributed by atoms with Gasteiger partial charge in [-0.25, -0.2) is 14.5 Å². The Balaban J connectivity index is 1.58. The molecule has 3 N–H and O–H groups in total. The van der Waals surface area contributed by atoms with Gasteiger partial charge in [-0.15, -0.1) is 10.6 Å². The van der Waals surface area contributed by atoms with Crippen LogP contribution in [0, 0.1) is 18.8 Å². The number of nitrogen functional groups attached to an aromatic ring is 1. The average molecular weight is 603 g/mol. The van der Waals surface area contributed by atoms with Crippen LogP contribution in [0.4, 0.5) is 5.82 Å². The largest absolute Gasteiger partial charge is 0.381 e. The second-order valence-corrected chi connectivity index (χ2v) is 11.6. The molecule has 0 spiro atoms. The van der Waals surface area contributed by atoms with Crippen molar-refractivity contribution < 1.29 is 4.79 Å². The van der Waals surface area contributed by atoms with Crippen LogP contribution in [0.15, 0.2) is 47.7 Å². The molecule has 4 heterocycles. The van der Waals surface area contributed by atoms with Crippen LogP contribution in [-0.2, 0) is 7.05 Å². The fourth-order valence-electron chi connectivity index (χ4n) is 5.88. The third kappa shape index (κ3) is 4.88. The van der Waals surface area contributed by atoms with Crippen LogP contribution in [0.25, 0.3) is 22.2 Å². The summed E-state index contributed by atoms with van der Waals surface area (Å²) < 4.78 is 4.85. The molecule has 4 aromatic heterocycles. The number of nitrogens with two attached hydrogens (primary N) is 1. The molecule has 11 nitrogen and oxygen atoms in total. The highest BCUT2D eigenvalue weighted by atomic mass is 16.2. The van der Waals surface area contributed by atoms with Gasteiger partial charge in [0.1, 0.15) is 50.6 Å². The number of anilines is 1. The fraction of sp³-hybridized carbons (Fsp3) is 0.133. The van der Waals surface area contributed by atoms with Gasteiger partial charge in [-0.1, -0.05) is 39.8 Å². The molecule has 1 atom stereocenters. The minimum atomic E-state index is -0.712. The quantitative estimate of drug-likeness (QED) is 0.152. The van der Waals surface area contributed by atoms with Crippen molar-refractivity contribution in [2.75, 3.05) is 5.73 Å². The van der Waals surface area contributed by atoms with Crippen molar-refractivity contribution in [3.63, 3.8) is 0 Å². The van der Waals surface area contributed by atoms with Crippen LogP contribution in [-0.4, -0.2) is 79.1 Å². The lowest BCUT2D eigenvalue weighted by Gasteiger charge is -2.26. The van der Waals surface area contributed by atoms with Crippen molar-refractivity contribution in [1.29, 1.82) is 0 Å². The lowest BCUT2D eigenvalue weighted by molar-refractivity contribution is 0.0940. The monoisotopic (exact) mass is 603 g/mol. The average Bonchev–Trinajstić information content (AvgIpc) is 3.55. The molecule has 222 valence electrons. The maximum Gasteiger partial charge on any atom is 0.267 e. The van der Waals surface area contributed by atoms with E-state index in [4.69, 9.17) is 10.7 Å². The number of aryl methyl sites for hydroxylation is 1. The number of carbonyl (C=O) groups excluding carboxylic acids is 1. The summed E-state index contributed by atoms with van der Waals surface area (Å²) in [5.41, 5.74) is 15.1. The highest BCUT2D eigenvalue weighted by Crippen LogP contribution is 2.21. The van der Waals surface area contributed by atoms with E-state index in [0.717, 1.165) is 44.3 Å². The zero-order valence-electron chi connectivity index (χ0n) is 27.1. The van der Waals surface area contributed by atoms with Gasteiger partial charge >= 0.3 is 0 Å². The van der Waals surface area contributed by atoms with Gasteiger partial charge in [-0.3, -0.25) is 18.8 Å². The van der Waals surface area contributed by atoms with Gasteiger partial charge < -0.3 is 11.1 Å². The molecule has 6 aromatic rings. The highest BCUT2D eigenvalue weighted by Gasteiger charge is 2.26. The Morgan fingerprint density at radius 2 is 1.67 bits per heavy atom. The van der Waals surface area contributed by atoms with E-state index in [-0.39, 0.29) is 16.9 Å². The van der Waals surface area contributed by atoms with Crippen molar-refractivity contribution >= 4 is 94.8 Å². The minimum Gasteiger partial charge on any atom is -0.381 e. The van der Waals surface area contributed by atoms with E-state index in [9.17, 15) is 9.59 Å². The fourth-order valence-corrected chi connectivity index (χ4v) is 5.88. The van der Waals surface area contributed by atoms with Crippen LogP contribution in [0.5, 0.6) is 0 Å². The Bertz CT molecular complexity index is 2340. The van der Waals surface area contributed by atoms with Crippen LogP contribution in [0.2, 0.25) is 0 Å². The smallest absolute Gasteiger partial charge is 0.267 e. The predicted octanol–water partition coefficient (Wildman–Crippen LogP) is -5.76. The molecule has 0 radical (unpaired) electrons. The molecular weight excluding hydrogens is 572 g/mol. The van der Waals surface area contributed by atoms with Crippen LogP contribution in [0.1, 0.15) is 46.0 Å². The van der Waals surface area contributed by atoms with Crippen LogP contribution in [0.3, 0.4) is 0 Å². The summed E-state index contributed by atoms with van der Waals surface area (Å²) in [6.07, 6.45) is 4.96. The lowest BCUT2D eigenvalue weighted by Crippen LogP contribution is -2.57. The van der Waals surface area contributed by atoms with Crippen molar-refractivity contribution in [3.8, 4) is 17.5 Å².